The summed E-state index contributed by atoms with van der Waals surface area (Å²) in [5, 5.41) is 4.02. The Labute approximate surface area is 138 Å². The van der Waals surface area contributed by atoms with E-state index in [0.29, 0.717) is 27.4 Å². The molecule has 2 rings (SSSR count). The fourth-order valence-corrected chi connectivity index (χ4v) is 3.06. The second kappa shape index (κ2) is 7.69. The zero-order valence-electron chi connectivity index (χ0n) is 11.4. The molecule has 2 aromatic rings. The Kier molecular flexibility index (Phi) is 5.91. The van der Waals surface area contributed by atoms with Gasteiger partial charge in [0.25, 0.3) is 0 Å². The third kappa shape index (κ3) is 4.92. The van der Waals surface area contributed by atoms with Crippen LogP contribution in [0.3, 0.4) is 0 Å². The molecule has 21 heavy (non-hydrogen) atoms. The van der Waals surface area contributed by atoms with Gasteiger partial charge in [0.15, 0.2) is 0 Å². The molecule has 110 valence electrons. The molecule has 1 heterocycles. The molecule has 0 atom stereocenters. The number of anilines is 1. The number of amides is 1. The van der Waals surface area contributed by atoms with Crippen molar-refractivity contribution in [3.63, 3.8) is 0 Å². The van der Waals surface area contributed by atoms with E-state index in [0.717, 1.165) is 11.1 Å². The van der Waals surface area contributed by atoms with Crippen LogP contribution in [0.2, 0.25) is 10.0 Å². The summed E-state index contributed by atoms with van der Waals surface area (Å²) in [5.74, 6) is 1.53. The second-order valence-electron chi connectivity index (χ2n) is 4.45. The zero-order chi connectivity index (χ0) is 15.2. The molecule has 0 bridgehead atoms. The first-order valence-corrected chi connectivity index (χ1v) is 8.20. The molecular formula is C15H14Cl2N2OS. The molecule has 0 aliphatic rings. The van der Waals surface area contributed by atoms with E-state index in [9.17, 15) is 4.79 Å². The number of thioether (sulfide) groups is 1. The van der Waals surface area contributed by atoms with Crippen LogP contribution in [-0.4, -0.2) is 16.6 Å². The van der Waals surface area contributed by atoms with Crippen LogP contribution in [0, 0.1) is 6.92 Å². The van der Waals surface area contributed by atoms with Gasteiger partial charge in [-0.2, -0.15) is 0 Å². The highest BCUT2D eigenvalue weighted by Gasteiger charge is 2.07. The van der Waals surface area contributed by atoms with Gasteiger partial charge < -0.3 is 5.32 Å². The number of aromatic nitrogens is 1. The van der Waals surface area contributed by atoms with Crippen molar-refractivity contribution in [1.82, 2.24) is 4.98 Å². The lowest BCUT2D eigenvalue weighted by molar-refractivity contribution is -0.113. The van der Waals surface area contributed by atoms with Crippen LogP contribution >= 0.6 is 35.0 Å². The summed E-state index contributed by atoms with van der Waals surface area (Å²) in [5.41, 5.74) is 1.91. The van der Waals surface area contributed by atoms with E-state index in [4.69, 9.17) is 23.2 Å². The molecule has 0 aliphatic heterocycles. The minimum Gasteiger partial charge on any atom is -0.310 e. The SMILES string of the molecule is Cc1cccnc1NC(=O)CSCc1ccc(Cl)cc1Cl. The van der Waals surface area contributed by atoms with Crippen LogP contribution in [0.1, 0.15) is 11.1 Å². The highest BCUT2D eigenvalue weighted by Crippen LogP contribution is 2.24. The average Bonchev–Trinajstić information content (AvgIpc) is 2.44. The number of carbonyl (C=O) groups is 1. The molecular weight excluding hydrogens is 327 g/mol. The van der Waals surface area contributed by atoms with E-state index in [1.54, 1.807) is 18.3 Å². The Balaban J connectivity index is 1.83. The maximum absolute atomic E-state index is 11.9. The second-order valence-corrected chi connectivity index (χ2v) is 6.27. The van der Waals surface area contributed by atoms with Gasteiger partial charge >= 0.3 is 0 Å². The van der Waals surface area contributed by atoms with Crippen LogP contribution in [0.25, 0.3) is 0 Å². The number of hydrogen-bond acceptors (Lipinski definition) is 3. The molecule has 1 N–H and O–H groups in total. The number of nitrogens with zero attached hydrogens (tertiary/aromatic N) is 1. The third-order valence-corrected chi connectivity index (χ3v) is 4.34. The Morgan fingerprint density at radius 3 is 2.86 bits per heavy atom. The monoisotopic (exact) mass is 340 g/mol. The van der Waals surface area contributed by atoms with Gasteiger partial charge in [0.05, 0.1) is 5.75 Å². The fourth-order valence-electron chi connectivity index (χ4n) is 1.68. The number of nitrogens with one attached hydrogen (secondary N) is 1. The normalized spacial score (nSPS) is 10.4. The minimum absolute atomic E-state index is 0.0770. The van der Waals surface area contributed by atoms with Gasteiger partial charge in [0.2, 0.25) is 5.91 Å². The Bertz CT molecular complexity index is 649. The summed E-state index contributed by atoms with van der Waals surface area (Å²) in [7, 11) is 0. The van der Waals surface area contributed by atoms with Gasteiger partial charge in [0, 0.05) is 22.0 Å². The molecule has 0 saturated heterocycles. The zero-order valence-corrected chi connectivity index (χ0v) is 13.7. The van der Waals surface area contributed by atoms with Crippen molar-refractivity contribution in [2.75, 3.05) is 11.1 Å². The lowest BCUT2D eigenvalue weighted by atomic mass is 10.2. The van der Waals surface area contributed by atoms with Crippen molar-refractivity contribution >= 4 is 46.7 Å². The highest BCUT2D eigenvalue weighted by molar-refractivity contribution is 7.99. The Morgan fingerprint density at radius 1 is 1.33 bits per heavy atom. The summed E-state index contributed by atoms with van der Waals surface area (Å²) >= 11 is 13.4. The van der Waals surface area contributed by atoms with E-state index in [2.05, 4.69) is 10.3 Å². The fraction of sp³-hybridized carbons (Fsp3) is 0.200. The predicted molar refractivity (Wildman–Crippen MR) is 90.2 cm³/mol. The molecule has 0 radical (unpaired) electrons. The number of hydrogen-bond donors (Lipinski definition) is 1. The van der Waals surface area contributed by atoms with E-state index in [1.807, 2.05) is 25.1 Å². The first-order chi connectivity index (χ1) is 10.1. The summed E-state index contributed by atoms with van der Waals surface area (Å²) in [6.45, 7) is 1.91. The molecule has 0 fully saturated rings. The molecule has 0 saturated carbocycles. The summed E-state index contributed by atoms with van der Waals surface area (Å²) in [6.07, 6.45) is 1.66. The molecule has 1 aromatic carbocycles. The van der Waals surface area contributed by atoms with Crippen LogP contribution in [0.5, 0.6) is 0 Å². The summed E-state index contributed by atoms with van der Waals surface area (Å²) < 4.78 is 0. The molecule has 3 nitrogen and oxygen atoms in total. The topological polar surface area (TPSA) is 42.0 Å². The molecule has 0 spiro atoms. The van der Waals surface area contributed by atoms with E-state index >= 15 is 0 Å². The van der Waals surface area contributed by atoms with E-state index in [1.165, 1.54) is 11.8 Å². The van der Waals surface area contributed by atoms with Crippen LogP contribution in [0.4, 0.5) is 5.82 Å². The highest BCUT2D eigenvalue weighted by atomic mass is 35.5. The first kappa shape index (κ1) is 16.1. The van der Waals surface area contributed by atoms with Gasteiger partial charge in [-0.1, -0.05) is 35.3 Å². The number of aryl methyl sites for hydroxylation is 1. The van der Waals surface area contributed by atoms with Gasteiger partial charge in [-0.3, -0.25) is 4.79 Å². The van der Waals surface area contributed by atoms with Gasteiger partial charge in [0.1, 0.15) is 5.82 Å². The van der Waals surface area contributed by atoms with Crippen molar-refractivity contribution in [2.24, 2.45) is 0 Å². The van der Waals surface area contributed by atoms with Crippen molar-refractivity contribution in [3.8, 4) is 0 Å². The molecule has 6 heteroatoms. The van der Waals surface area contributed by atoms with E-state index in [-0.39, 0.29) is 5.91 Å². The first-order valence-electron chi connectivity index (χ1n) is 6.29. The number of rotatable bonds is 5. The Hall–Kier alpha value is -1.23. The van der Waals surface area contributed by atoms with Gasteiger partial charge in [-0.15, -0.1) is 11.8 Å². The molecule has 0 unspecified atom stereocenters. The Morgan fingerprint density at radius 2 is 2.14 bits per heavy atom. The van der Waals surface area contributed by atoms with Gasteiger partial charge in [-0.05, 0) is 36.2 Å². The van der Waals surface area contributed by atoms with Crippen LogP contribution in [-0.2, 0) is 10.5 Å². The smallest absolute Gasteiger partial charge is 0.235 e. The summed E-state index contributed by atoms with van der Waals surface area (Å²) in [6, 6.07) is 9.11. The standard InChI is InChI=1S/C15H14Cl2N2OS/c1-10-3-2-6-18-15(10)19-14(20)9-21-8-11-4-5-12(16)7-13(11)17/h2-7H,8-9H2,1H3,(H,18,19,20). The lowest BCUT2D eigenvalue weighted by Gasteiger charge is -2.07. The minimum atomic E-state index is -0.0770. The largest absolute Gasteiger partial charge is 0.310 e. The number of pyridine rings is 1. The lowest BCUT2D eigenvalue weighted by Crippen LogP contribution is -2.15. The number of benzene rings is 1. The van der Waals surface area contributed by atoms with Crippen molar-refractivity contribution < 1.29 is 4.79 Å². The number of halogens is 2. The van der Waals surface area contributed by atoms with Crippen molar-refractivity contribution in [1.29, 1.82) is 0 Å². The molecule has 1 amide bonds. The maximum atomic E-state index is 11.9. The predicted octanol–water partition coefficient (Wildman–Crippen LogP) is 4.57. The quantitative estimate of drug-likeness (QED) is 0.866. The van der Waals surface area contributed by atoms with Crippen molar-refractivity contribution in [3.05, 3.63) is 57.7 Å². The summed E-state index contributed by atoms with van der Waals surface area (Å²) in [4.78, 5) is 16.0. The van der Waals surface area contributed by atoms with Crippen molar-refractivity contribution in [2.45, 2.75) is 12.7 Å². The maximum Gasteiger partial charge on any atom is 0.235 e. The van der Waals surface area contributed by atoms with Crippen LogP contribution in [0.15, 0.2) is 36.5 Å². The molecule has 1 aromatic heterocycles. The average molecular weight is 341 g/mol. The van der Waals surface area contributed by atoms with Crippen LogP contribution < -0.4 is 5.32 Å². The van der Waals surface area contributed by atoms with E-state index < -0.39 is 0 Å². The molecule has 0 aliphatic carbocycles. The number of carbonyl (C=O) groups excluding carboxylic acids is 1. The van der Waals surface area contributed by atoms with Gasteiger partial charge in [-0.25, -0.2) is 4.98 Å². The third-order valence-electron chi connectivity index (χ3n) is 2.77.